The molecule has 1 N–H and O–H groups in total. The van der Waals surface area contributed by atoms with Crippen LogP contribution in [0.15, 0.2) is 70.0 Å². The molecule has 1 aliphatic heterocycles. The van der Waals surface area contributed by atoms with Gasteiger partial charge in [-0.25, -0.2) is 0 Å². The molecule has 12 heteroatoms. The number of rotatable bonds is 8. The van der Waals surface area contributed by atoms with Gasteiger partial charge in [-0.05, 0) is 82.2 Å². The number of nitrogens with one attached hydrogen (secondary N) is 1. The minimum Gasteiger partial charge on any atom is -0.495 e. The number of carbonyl (C=O) groups excluding carboxylic acids is 3. The van der Waals surface area contributed by atoms with Crippen molar-refractivity contribution in [2.75, 3.05) is 19.0 Å². The third-order valence-electron chi connectivity index (χ3n) is 5.71. The van der Waals surface area contributed by atoms with E-state index in [2.05, 4.69) is 21.2 Å². The highest BCUT2D eigenvalue weighted by Crippen LogP contribution is 2.36. The third kappa shape index (κ3) is 7.05. The summed E-state index contributed by atoms with van der Waals surface area (Å²) in [6.07, 6.45) is -3.13. The molecule has 4 rings (SSSR count). The van der Waals surface area contributed by atoms with E-state index in [-0.39, 0.29) is 16.3 Å². The van der Waals surface area contributed by atoms with Crippen molar-refractivity contribution in [1.29, 1.82) is 0 Å². The average Bonchev–Trinajstić information content (AvgIpc) is 3.14. The van der Waals surface area contributed by atoms with Gasteiger partial charge in [-0.1, -0.05) is 35.9 Å². The van der Waals surface area contributed by atoms with Crippen LogP contribution in [0.4, 0.5) is 23.7 Å². The molecule has 0 spiro atoms. The fraction of sp³-hybridized carbons (Fsp3) is 0.179. The van der Waals surface area contributed by atoms with Gasteiger partial charge in [0.25, 0.3) is 11.1 Å². The Labute approximate surface area is 240 Å². The smallest absolute Gasteiger partial charge is 0.416 e. The van der Waals surface area contributed by atoms with E-state index in [1.54, 1.807) is 18.2 Å². The molecule has 1 fully saturated rings. The third-order valence-corrected chi connectivity index (χ3v) is 7.23. The highest BCUT2D eigenvalue weighted by molar-refractivity contribution is 9.10. The van der Waals surface area contributed by atoms with E-state index in [4.69, 9.17) is 9.47 Å². The molecule has 0 saturated carbocycles. The Morgan fingerprint density at radius 1 is 1.07 bits per heavy atom. The summed E-state index contributed by atoms with van der Waals surface area (Å²) in [4.78, 5) is 38.8. The first-order chi connectivity index (χ1) is 18.9. The van der Waals surface area contributed by atoms with Crippen LogP contribution in [-0.4, -0.2) is 35.6 Å². The first-order valence-corrected chi connectivity index (χ1v) is 13.3. The summed E-state index contributed by atoms with van der Waals surface area (Å²) >= 11 is 4.12. The van der Waals surface area contributed by atoms with Gasteiger partial charge in [0.15, 0.2) is 0 Å². The van der Waals surface area contributed by atoms with E-state index in [0.29, 0.717) is 34.2 Å². The molecule has 1 heterocycles. The lowest BCUT2D eigenvalue weighted by atomic mass is 10.1. The van der Waals surface area contributed by atoms with Gasteiger partial charge >= 0.3 is 6.18 Å². The van der Waals surface area contributed by atoms with Crippen LogP contribution in [0.5, 0.6) is 11.5 Å². The molecule has 0 unspecified atom stereocenters. The fourth-order valence-electron chi connectivity index (χ4n) is 3.79. The number of thioether (sulfide) groups is 1. The van der Waals surface area contributed by atoms with Crippen molar-refractivity contribution in [2.24, 2.45) is 0 Å². The van der Waals surface area contributed by atoms with Crippen molar-refractivity contribution in [3.05, 3.63) is 92.3 Å². The maximum absolute atomic E-state index is 13.1. The van der Waals surface area contributed by atoms with E-state index >= 15 is 0 Å². The van der Waals surface area contributed by atoms with E-state index in [1.165, 1.54) is 13.2 Å². The summed E-state index contributed by atoms with van der Waals surface area (Å²) in [6.45, 7) is 1.68. The zero-order valence-corrected chi connectivity index (χ0v) is 23.6. The number of hydrogen-bond donors (Lipinski definition) is 1. The van der Waals surface area contributed by atoms with Crippen LogP contribution in [0, 0.1) is 6.92 Å². The second-order valence-corrected chi connectivity index (χ2v) is 10.5. The van der Waals surface area contributed by atoms with Crippen LogP contribution < -0.4 is 14.8 Å². The minimum atomic E-state index is -4.64. The van der Waals surface area contributed by atoms with Gasteiger partial charge in [-0.3, -0.25) is 19.3 Å². The zero-order chi connectivity index (χ0) is 29.0. The molecule has 1 aliphatic rings. The normalized spacial score (nSPS) is 14.6. The molecule has 1 saturated heterocycles. The van der Waals surface area contributed by atoms with Gasteiger partial charge < -0.3 is 14.8 Å². The number of ether oxygens (including phenoxy) is 2. The molecule has 3 aromatic rings. The van der Waals surface area contributed by atoms with Crippen LogP contribution in [0.2, 0.25) is 0 Å². The Balaban J connectivity index is 1.42. The van der Waals surface area contributed by atoms with Gasteiger partial charge in [0.2, 0.25) is 5.91 Å². The van der Waals surface area contributed by atoms with Crippen LogP contribution in [0.1, 0.15) is 22.3 Å². The zero-order valence-electron chi connectivity index (χ0n) is 21.2. The fourth-order valence-corrected chi connectivity index (χ4v) is 5.14. The number of methoxy groups -OCH3 is 1. The summed E-state index contributed by atoms with van der Waals surface area (Å²) in [7, 11) is 1.24. The van der Waals surface area contributed by atoms with Crippen molar-refractivity contribution in [3.8, 4) is 11.5 Å². The number of amides is 3. The van der Waals surface area contributed by atoms with E-state index < -0.39 is 35.3 Å². The standard InChI is InChI=1S/C28H22BrF3N2O5S/c1-16-4-3-5-18(10-16)15-39-22-8-6-17(11-20(22)29)12-24-26(36)34(27(37)40-24)14-25(35)33-21-13-19(28(30,31)32)7-9-23(21)38-2/h3-13H,14-15H2,1-2H3,(H,33,35)/b24-12-. The first-order valence-electron chi connectivity index (χ1n) is 11.7. The minimum absolute atomic E-state index is 0.00716. The first kappa shape index (κ1) is 29.2. The number of imide groups is 1. The highest BCUT2D eigenvalue weighted by Gasteiger charge is 2.37. The molecule has 40 heavy (non-hydrogen) atoms. The lowest BCUT2D eigenvalue weighted by molar-refractivity contribution is -0.137. The molecule has 0 atom stereocenters. The van der Waals surface area contributed by atoms with Crippen molar-refractivity contribution in [3.63, 3.8) is 0 Å². The predicted octanol–water partition coefficient (Wildman–Crippen LogP) is 7.04. The largest absolute Gasteiger partial charge is 0.495 e. The van der Waals surface area contributed by atoms with Crippen molar-refractivity contribution < 1.29 is 37.0 Å². The van der Waals surface area contributed by atoms with Crippen molar-refractivity contribution in [2.45, 2.75) is 19.7 Å². The second kappa shape index (κ2) is 12.2. The summed E-state index contributed by atoms with van der Waals surface area (Å²) in [6, 6.07) is 15.7. The van der Waals surface area contributed by atoms with Crippen LogP contribution in [0.25, 0.3) is 6.08 Å². The molecule has 0 radical (unpaired) electrons. The van der Waals surface area contributed by atoms with Gasteiger partial charge in [0.05, 0.1) is 27.7 Å². The molecule has 0 bridgehead atoms. The Hall–Kier alpha value is -3.77. The molecule has 7 nitrogen and oxygen atoms in total. The van der Waals surface area contributed by atoms with Gasteiger partial charge in [0.1, 0.15) is 24.7 Å². The van der Waals surface area contributed by atoms with Crippen molar-refractivity contribution >= 4 is 56.5 Å². The summed E-state index contributed by atoms with van der Waals surface area (Å²) in [5.41, 5.74) is 1.52. The molecule has 208 valence electrons. The number of benzene rings is 3. The van der Waals surface area contributed by atoms with Crippen LogP contribution in [0.3, 0.4) is 0 Å². The Bertz CT molecular complexity index is 1510. The van der Waals surface area contributed by atoms with Gasteiger partial charge in [-0.15, -0.1) is 0 Å². The molecular formula is C28H22BrF3N2O5S. The summed E-state index contributed by atoms with van der Waals surface area (Å²) in [5.74, 6) is -0.975. The highest BCUT2D eigenvalue weighted by atomic mass is 79.9. The lowest BCUT2D eigenvalue weighted by Gasteiger charge is -2.16. The number of alkyl halides is 3. The van der Waals surface area contributed by atoms with Crippen molar-refractivity contribution in [1.82, 2.24) is 4.90 Å². The van der Waals surface area contributed by atoms with Crippen LogP contribution >= 0.6 is 27.7 Å². The van der Waals surface area contributed by atoms with E-state index in [1.807, 2.05) is 31.2 Å². The average molecular weight is 635 g/mol. The lowest BCUT2D eigenvalue weighted by Crippen LogP contribution is -2.36. The summed E-state index contributed by atoms with van der Waals surface area (Å²) in [5, 5.41) is 1.61. The summed E-state index contributed by atoms with van der Waals surface area (Å²) < 4.78 is 50.8. The van der Waals surface area contributed by atoms with Gasteiger partial charge in [-0.2, -0.15) is 13.2 Å². The quantitative estimate of drug-likeness (QED) is 0.268. The second-order valence-electron chi connectivity index (χ2n) is 8.70. The van der Waals surface area contributed by atoms with E-state index in [0.717, 1.165) is 34.2 Å². The number of aryl methyl sites for hydroxylation is 1. The molecule has 0 aliphatic carbocycles. The van der Waals surface area contributed by atoms with Gasteiger partial charge in [0, 0.05) is 0 Å². The van der Waals surface area contributed by atoms with Crippen LogP contribution in [-0.2, 0) is 22.4 Å². The number of halogens is 4. The Morgan fingerprint density at radius 3 is 2.50 bits per heavy atom. The molecule has 3 amide bonds. The number of hydrogen-bond acceptors (Lipinski definition) is 6. The predicted molar refractivity (Wildman–Crippen MR) is 149 cm³/mol. The monoisotopic (exact) mass is 634 g/mol. The number of anilines is 1. The Kier molecular flexibility index (Phi) is 8.89. The number of nitrogens with zero attached hydrogens (tertiary/aromatic N) is 1. The molecular weight excluding hydrogens is 613 g/mol. The maximum atomic E-state index is 13.1. The number of carbonyl (C=O) groups is 3. The SMILES string of the molecule is COc1ccc(C(F)(F)F)cc1NC(=O)CN1C(=O)S/C(=C\c2ccc(OCc3cccc(C)c3)c(Br)c2)C1=O. The molecule has 3 aromatic carbocycles. The topological polar surface area (TPSA) is 84.9 Å². The van der Waals surface area contributed by atoms with E-state index in [9.17, 15) is 27.6 Å². The maximum Gasteiger partial charge on any atom is 0.416 e. The molecule has 0 aromatic heterocycles. The Morgan fingerprint density at radius 2 is 1.82 bits per heavy atom.